The molecule has 25 heavy (non-hydrogen) atoms. The quantitative estimate of drug-likeness (QED) is 0.489. The van der Waals surface area contributed by atoms with Crippen molar-refractivity contribution in [2.75, 3.05) is 5.75 Å². The molecule has 1 aliphatic carbocycles. The van der Waals surface area contributed by atoms with Gasteiger partial charge in [-0.2, -0.15) is 0 Å². The molecule has 1 saturated carbocycles. The Morgan fingerprint density at radius 1 is 1.16 bits per heavy atom. The minimum Gasteiger partial charge on any atom is -0.353 e. The van der Waals surface area contributed by atoms with Crippen molar-refractivity contribution in [2.45, 2.75) is 49.7 Å². The molecule has 0 saturated heterocycles. The summed E-state index contributed by atoms with van der Waals surface area (Å²) in [5.74, 6) is 0.266. The standard InChI is InChI=1S/C19H23N3O2S/c23-17-12-16(14-8-4-3-5-9-14)21-19(22-17)25-13-18(24)20-15-10-6-1-2-7-11-15/h3-5,8-9,12,15H,1-2,6-7,10-11,13H2,(H,20,24)(H,21,22,23). The Kier molecular flexibility index (Phi) is 6.28. The van der Waals surface area contributed by atoms with E-state index in [2.05, 4.69) is 15.3 Å². The van der Waals surface area contributed by atoms with E-state index in [4.69, 9.17) is 0 Å². The van der Waals surface area contributed by atoms with Gasteiger partial charge >= 0.3 is 0 Å². The van der Waals surface area contributed by atoms with Crippen LogP contribution in [0.4, 0.5) is 0 Å². The maximum atomic E-state index is 12.2. The topological polar surface area (TPSA) is 74.8 Å². The average Bonchev–Trinajstić information content (AvgIpc) is 2.89. The minimum atomic E-state index is -0.208. The number of nitrogens with one attached hydrogen (secondary N) is 2. The van der Waals surface area contributed by atoms with E-state index in [0.29, 0.717) is 16.9 Å². The summed E-state index contributed by atoms with van der Waals surface area (Å²) < 4.78 is 0. The maximum Gasteiger partial charge on any atom is 0.252 e. The first-order valence-corrected chi connectivity index (χ1v) is 9.78. The van der Waals surface area contributed by atoms with Crippen LogP contribution in [-0.2, 0) is 4.79 Å². The molecule has 0 aliphatic heterocycles. The zero-order chi connectivity index (χ0) is 17.5. The highest BCUT2D eigenvalue weighted by atomic mass is 32.2. The molecule has 1 amide bonds. The number of benzene rings is 1. The van der Waals surface area contributed by atoms with Gasteiger partial charge in [0.05, 0.1) is 11.4 Å². The number of aromatic amines is 1. The first-order chi connectivity index (χ1) is 12.2. The summed E-state index contributed by atoms with van der Waals surface area (Å²) >= 11 is 1.27. The molecule has 1 aromatic carbocycles. The van der Waals surface area contributed by atoms with E-state index in [0.717, 1.165) is 18.4 Å². The van der Waals surface area contributed by atoms with Crippen LogP contribution in [-0.4, -0.2) is 27.7 Å². The van der Waals surface area contributed by atoms with Crippen molar-refractivity contribution < 1.29 is 4.79 Å². The molecule has 1 fully saturated rings. The molecule has 3 rings (SSSR count). The lowest BCUT2D eigenvalue weighted by Gasteiger charge is -2.15. The number of rotatable bonds is 5. The zero-order valence-electron chi connectivity index (χ0n) is 14.2. The molecule has 0 radical (unpaired) electrons. The fourth-order valence-corrected chi connectivity index (χ4v) is 3.77. The number of hydrogen-bond acceptors (Lipinski definition) is 4. The van der Waals surface area contributed by atoms with Crippen LogP contribution in [0, 0.1) is 0 Å². The molecule has 0 atom stereocenters. The number of carbonyl (C=O) groups is 1. The predicted octanol–water partition coefficient (Wildman–Crippen LogP) is 3.37. The molecular weight excluding hydrogens is 334 g/mol. The second-order valence-electron chi connectivity index (χ2n) is 6.35. The van der Waals surface area contributed by atoms with E-state index in [1.807, 2.05) is 30.3 Å². The van der Waals surface area contributed by atoms with Crippen molar-refractivity contribution in [3.8, 4) is 11.3 Å². The summed E-state index contributed by atoms with van der Waals surface area (Å²) in [6, 6.07) is 11.3. The highest BCUT2D eigenvalue weighted by Crippen LogP contribution is 2.19. The van der Waals surface area contributed by atoms with Gasteiger partial charge in [0, 0.05) is 17.7 Å². The lowest BCUT2D eigenvalue weighted by atomic mass is 10.1. The molecule has 1 aromatic heterocycles. The summed E-state index contributed by atoms with van der Waals surface area (Å²) in [6.45, 7) is 0. The van der Waals surface area contributed by atoms with Crippen LogP contribution in [0.5, 0.6) is 0 Å². The number of aromatic nitrogens is 2. The van der Waals surface area contributed by atoms with Crippen LogP contribution in [0.1, 0.15) is 38.5 Å². The maximum absolute atomic E-state index is 12.2. The number of amides is 1. The average molecular weight is 357 g/mol. The zero-order valence-corrected chi connectivity index (χ0v) is 15.0. The molecule has 132 valence electrons. The summed E-state index contributed by atoms with van der Waals surface area (Å²) in [6.07, 6.45) is 7.03. The van der Waals surface area contributed by atoms with Gasteiger partial charge in [0.2, 0.25) is 5.91 Å². The van der Waals surface area contributed by atoms with E-state index >= 15 is 0 Å². The monoisotopic (exact) mass is 357 g/mol. The van der Waals surface area contributed by atoms with Gasteiger partial charge < -0.3 is 10.3 Å². The number of carbonyl (C=O) groups excluding carboxylic acids is 1. The number of thioether (sulfide) groups is 1. The number of H-pyrrole nitrogens is 1. The number of hydrogen-bond donors (Lipinski definition) is 2. The fourth-order valence-electron chi connectivity index (χ4n) is 3.09. The molecule has 0 unspecified atom stereocenters. The van der Waals surface area contributed by atoms with E-state index in [1.165, 1.54) is 43.5 Å². The van der Waals surface area contributed by atoms with Crippen LogP contribution in [0.2, 0.25) is 0 Å². The molecular formula is C19H23N3O2S. The Hall–Kier alpha value is -2.08. The van der Waals surface area contributed by atoms with Crippen molar-refractivity contribution >= 4 is 17.7 Å². The summed E-state index contributed by atoms with van der Waals surface area (Å²) in [4.78, 5) is 31.2. The molecule has 2 N–H and O–H groups in total. The van der Waals surface area contributed by atoms with Gasteiger partial charge in [0.1, 0.15) is 0 Å². The number of nitrogens with zero attached hydrogens (tertiary/aromatic N) is 1. The Morgan fingerprint density at radius 2 is 1.88 bits per heavy atom. The smallest absolute Gasteiger partial charge is 0.252 e. The van der Waals surface area contributed by atoms with Gasteiger partial charge in [0.15, 0.2) is 5.16 Å². The van der Waals surface area contributed by atoms with Crippen LogP contribution in [0.15, 0.2) is 46.3 Å². The first-order valence-electron chi connectivity index (χ1n) is 8.80. The minimum absolute atomic E-state index is 0.00432. The largest absolute Gasteiger partial charge is 0.353 e. The summed E-state index contributed by atoms with van der Waals surface area (Å²) in [5.41, 5.74) is 1.30. The van der Waals surface area contributed by atoms with E-state index in [9.17, 15) is 9.59 Å². The van der Waals surface area contributed by atoms with Crippen LogP contribution in [0.3, 0.4) is 0 Å². The molecule has 1 heterocycles. The SMILES string of the molecule is O=C(CSc1nc(-c2ccccc2)cc(=O)[nH]1)NC1CCCCCC1. The molecule has 2 aromatic rings. The van der Waals surface area contributed by atoms with Crippen LogP contribution >= 0.6 is 11.8 Å². The van der Waals surface area contributed by atoms with Crippen molar-refractivity contribution in [1.29, 1.82) is 0 Å². The Bertz CT molecular complexity index is 753. The third-order valence-electron chi connectivity index (χ3n) is 4.35. The van der Waals surface area contributed by atoms with Gasteiger partial charge in [-0.05, 0) is 12.8 Å². The Morgan fingerprint density at radius 3 is 2.60 bits per heavy atom. The first kappa shape index (κ1) is 17.7. The molecule has 5 nitrogen and oxygen atoms in total. The normalized spacial score (nSPS) is 15.5. The third-order valence-corrected chi connectivity index (χ3v) is 5.22. The highest BCUT2D eigenvalue weighted by Gasteiger charge is 2.15. The van der Waals surface area contributed by atoms with Crippen molar-refractivity contribution in [1.82, 2.24) is 15.3 Å². The van der Waals surface area contributed by atoms with Crippen LogP contribution < -0.4 is 10.9 Å². The third kappa shape index (κ3) is 5.46. The van der Waals surface area contributed by atoms with Crippen molar-refractivity contribution in [2.24, 2.45) is 0 Å². The Labute approximate surface area is 151 Å². The second kappa shape index (κ2) is 8.85. The van der Waals surface area contributed by atoms with Gasteiger partial charge in [-0.15, -0.1) is 0 Å². The van der Waals surface area contributed by atoms with Gasteiger partial charge in [-0.3, -0.25) is 9.59 Å². The predicted molar refractivity (Wildman–Crippen MR) is 101 cm³/mol. The fraction of sp³-hybridized carbons (Fsp3) is 0.421. The van der Waals surface area contributed by atoms with E-state index < -0.39 is 0 Å². The van der Waals surface area contributed by atoms with E-state index in [1.54, 1.807) is 0 Å². The van der Waals surface area contributed by atoms with Gasteiger partial charge in [0.25, 0.3) is 5.56 Å². The molecule has 0 spiro atoms. The van der Waals surface area contributed by atoms with E-state index in [-0.39, 0.29) is 17.2 Å². The highest BCUT2D eigenvalue weighted by molar-refractivity contribution is 7.99. The molecule has 6 heteroatoms. The molecule has 1 aliphatic rings. The van der Waals surface area contributed by atoms with Gasteiger partial charge in [-0.1, -0.05) is 67.8 Å². The lowest BCUT2D eigenvalue weighted by Crippen LogP contribution is -2.35. The Balaban J connectivity index is 1.60. The van der Waals surface area contributed by atoms with Crippen molar-refractivity contribution in [3.05, 3.63) is 46.8 Å². The van der Waals surface area contributed by atoms with Crippen molar-refractivity contribution in [3.63, 3.8) is 0 Å². The summed E-state index contributed by atoms with van der Waals surface area (Å²) in [5, 5.41) is 3.58. The molecule has 0 bridgehead atoms. The lowest BCUT2D eigenvalue weighted by molar-refractivity contribution is -0.119. The van der Waals surface area contributed by atoms with Gasteiger partial charge in [-0.25, -0.2) is 4.98 Å². The second-order valence-corrected chi connectivity index (χ2v) is 7.31. The summed E-state index contributed by atoms with van der Waals surface area (Å²) in [7, 11) is 0. The van der Waals surface area contributed by atoms with Crippen LogP contribution in [0.25, 0.3) is 11.3 Å².